The van der Waals surface area contributed by atoms with Gasteiger partial charge in [0, 0.05) is 59.3 Å². The molecular formula is C31H28N8O2. The second-order valence-electron chi connectivity index (χ2n) is 10.5. The lowest BCUT2D eigenvalue weighted by Gasteiger charge is -2.18. The lowest BCUT2D eigenvalue weighted by atomic mass is 10.1. The third kappa shape index (κ3) is 5.76. The topological polar surface area (TPSA) is 123 Å². The summed E-state index contributed by atoms with van der Waals surface area (Å²) in [6.45, 7) is 6.19. The SMILES string of the molecule is CC(C)(C)n1cc(NC(=O)Nc2ccc(Oc3ccnc(-c4cn[nH]c4)c3)cc2)c(-c2ccc3cnccc3c2)n1. The zero-order chi connectivity index (χ0) is 28.4. The van der Waals surface area contributed by atoms with Crippen LogP contribution in [0.5, 0.6) is 11.5 Å². The van der Waals surface area contributed by atoms with Gasteiger partial charge in [-0.1, -0.05) is 12.1 Å². The van der Waals surface area contributed by atoms with E-state index in [4.69, 9.17) is 9.84 Å². The van der Waals surface area contributed by atoms with Crippen LogP contribution in [0.4, 0.5) is 16.2 Å². The zero-order valence-corrected chi connectivity index (χ0v) is 22.8. The number of urea groups is 1. The monoisotopic (exact) mass is 544 g/mol. The predicted octanol–water partition coefficient (Wildman–Crippen LogP) is 7.07. The van der Waals surface area contributed by atoms with Crippen molar-refractivity contribution in [3.8, 4) is 34.0 Å². The van der Waals surface area contributed by atoms with Crippen LogP contribution in [-0.2, 0) is 5.54 Å². The summed E-state index contributed by atoms with van der Waals surface area (Å²) < 4.78 is 7.85. The number of aromatic nitrogens is 6. The van der Waals surface area contributed by atoms with Gasteiger partial charge in [0.05, 0.1) is 23.1 Å². The molecule has 4 heterocycles. The normalized spacial score (nSPS) is 11.4. The first-order chi connectivity index (χ1) is 19.8. The van der Waals surface area contributed by atoms with Crippen LogP contribution in [0.3, 0.4) is 0 Å². The number of anilines is 2. The van der Waals surface area contributed by atoms with Gasteiger partial charge < -0.3 is 15.4 Å². The molecule has 4 aromatic heterocycles. The summed E-state index contributed by atoms with van der Waals surface area (Å²) in [7, 11) is 0. The lowest BCUT2D eigenvalue weighted by molar-refractivity contribution is 0.262. The molecule has 10 nitrogen and oxygen atoms in total. The quantitative estimate of drug-likeness (QED) is 0.206. The maximum absolute atomic E-state index is 13.0. The van der Waals surface area contributed by atoms with E-state index >= 15 is 0 Å². The molecular weight excluding hydrogens is 516 g/mol. The van der Waals surface area contributed by atoms with Crippen molar-refractivity contribution < 1.29 is 9.53 Å². The lowest BCUT2D eigenvalue weighted by Crippen LogP contribution is -2.22. The van der Waals surface area contributed by atoms with Gasteiger partial charge in [0.15, 0.2) is 0 Å². The Morgan fingerprint density at radius 3 is 2.51 bits per heavy atom. The van der Waals surface area contributed by atoms with Crippen LogP contribution in [0.25, 0.3) is 33.3 Å². The Labute approximate surface area is 236 Å². The van der Waals surface area contributed by atoms with Crippen LogP contribution in [0.15, 0.2) is 97.8 Å². The number of H-pyrrole nitrogens is 1. The van der Waals surface area contributed by atoms with E-state index in [2.05, 4.69) is 57.6 Å². The van der Waals surface area contributed by atoms with Crippen LogP contribution < -0.4 is 15.4 Å². The number of aromatic amines is 1. The average molecular weight is 545 g/mol. The summed E-state index contributed by atoms with van der Waals surface area (Å²) in [5.41, 5.74) is 4.16. The van der Waals surface area contributed by atoms with Gasteiger partial charge in [0.1, 0.15) is 17.2 Å². The Morgan fingerprint density at radius 2 is 1.73 bits per heavy atom. The number of pyridine rings is 2. The minimum atomic E-state index is -0.378. The first kappa shape index (κ1) is 25.8. The van der Waals surface area contributed by atoms with Gasteiger partial charge in [-0.3, -0.25) is 19.7 Å². The Hall–Kier alpha value is -5.51. The number of fused-ring (bicyclic) bond motifs is 1. The number of hydrogen-bond acceptors (Lipinski definition) is 6. The van der Waals surface area contributed by atoms with Gasteiger partial charge in [-0.05, 0) is 68.6 Å². The summed E-state index contributed by atoms with van der Waals surface area (Å²) in [5.74, 6) is 1.27. The maximum atomic E-state index is 13.0. The number of nitrogens with zero attached hydrogens (tertiary/aromatic N) is 5. The fraction of sp³-hybridized carbons (Fsp3) is 0.129. The molecule has 0 fully saturated rings. The Morgan fingerprint density at radius 1 is 0.878 bits per heavy atom. The summed E-state index contributed by atoms with van der Waals surface area (Å²) >= 11 is 0. The van der Waals surface area contributed by atoms with Crippen LogP contribution in [-0.4, -0.2) is 36.0 Å². The number of hydrogen-bond donors (Lipinski definition) is 3. The van der Waals surface area contributed by atoms with Crippen molar-refractivity contribution in [2.45, 2.75) is 26.3 Å². The first-order valence-corrected chi connectivity index (χ1v) is 13.1. The highest BCUT2D eigenvalue weighted by Gasteiger charge is 2.20. The van der Waals surface area contributed by atoms with Crippen molar-refractivity contribution in [3.05, 3.63) is 97.8 Å². The van der Waals surface area contributed by atoms with Crippen molar-refractivity contribution in [1.82, 2.24) is 29.9 Å². The van der Waals surface area contributed by atoms with Gasteiger partial charge in [0.25, 0.3) is 0 Å². The summed E-state index contributed by atoms with van der Waals surface area (Å²) in [5, 5.41) is 19.5. The standard InChI is InChI=1S/C31H28N8O2/c1-31(2,3)39-19-28(29(38-39)21-4-5-22-16-32-12-10-20(22)14-21)37-30(40)36-24-6-8-25(9-7-24)41-26-11-13-33-27(15-26)23-17-34-35-18-23/h4-19H,1-3H3,(H,34,35)(H2,36,37,40). The maximum Gasteiger partial charge on any atom is 0.323 e. The van der Waals surface area contributed by atoms with Gasteiger partial charge in [-0.15, -0.1) is 0 Å². The number of carbonyl (C=O) groups is 1. The molecule has 0 aliphatic heterocycles. The highest BCUT2D eigenvalue weighted by Crippen LogP contribution is 2.32. The number of benzene rings is 2. The van der Waals surface area contributed by atoms with E-state index in [0.717, 1.165) is 27.6 Å². The molecule has 3 N–H and O–H groups in total. The molecule has 0 saturated heterocycles. The van der Waals surface area contributed by atoms with E-state index in [1.54, 1.807) is 55.1 Å². The molecule has 0 aliphatic rings. The molecule has 0 bridgehead atoms. The number of ether oxygens (including phenoxy) is 1. The molecule has 6 rings (SSSR count). The molecule has 0 saturated carbocycles. The molecule has 0 atom stereocenters. The largest absolute Gasteiger partial charge is 0.457 e. The minimum Gasteiger partial charge on any atom is -0.457 e. The Balaban J connectivity index is 1.17. The van der Waals surface area contributed by atoms with Crippen molar-refractivity contribution in [2.24, 2.45) is 0 Å². The molecule has 0 unspecified atom stereocenters. The van der Waals surface area contributed by atoms with Crippen LogP contribution in [0.1, 0.15) is 20.8 Å². The average Bonchev–Trinajstić information content (AvgIpc) is 3.65. The van der Waals surface area contributed by atoms with E-state index < -0.39 is 0 Å². The van der Waals surface area contributed by atoms with Gasteiger partial charge >= 0.3 is 6.03 Å². The Kier molecular flexibility index (Phi) is 6.64. The smallest absolute Gasteiger partial charge is 0.323 e. The van der Waals surface area contributed by atoms with Crippen LogP contribution >= 0.6 is 0 Å². The molecule has 6 aromatic rings. The fourth-order valence-corrected chi connectivity index (χ4v) is 4.30. The van der Waals surface area contributed by atoms with Crippen molar-refractivity contribution >= 4 is 28.2 Å². The molecule has 2 aromatic carbocycles. The van der Waals surface area contributed by atoms with E-state index in [1.807, 2.05) is 41.3 Å². The van der Waals surface area contributed by atoms with Gasteiger partial charge in [-0.2, -0.15) is 10.2 Å². The third-order valence-corrected chi connectivity index (χ3v) is 6.44. The van der Waals surface area contributed by atoms with Crippen molar-refractivity contribution in [3.63, 3.8) is 0 Å². The van der Waals surface area contributed by atoms with E-state index in [1.165, 1.54) is 0 Å². The molecule has 0 radical (unpaired) electrons. The highest BCUT2D eigenvalue weighted by molar-refractivity contribution is 6.02. The summed E-state index contributed by atoms with van der Waals surface area (Å²) in [4.78, 5) is 21.6. The molecule has 0 spiro atoms. The van der Waals surface area contributed by atoms with Crippen LogP contribution in [0.2, 0.25) is 0 Å². The molecule has 41 heavy (non-hydrogen) atoms. The zero-order valence-electron chi connectivity index (χ0n) is 22.8. The number of carbonyl (C=O) groups excluding carboxylic acids is 1. The second kappa shape index (κ2) is 10.6. The van der Waals surface area contributed by atoms with Gasteiger partial charge in [0.2, 0.25) is 0 Å². The van der Waals surface area contributed by atoms with E-state index in [-0.39, 0.29) is 11.6 Å². The summed E-state index contributed by atoms with van der Waals surface area (Å²) in [6, 6.07) is 18.4. The number of amides is 2. The molecule has 2 amide bonds. The highest BCUT2D eigenvalue weighted by atomic mass is 16.5. The number of nitrogens with one attached hydrogen (secondary N) is 3. The molecule has 204 valence electrons. The Bertz CT molecular complexity index is 1820. The van der Waals surface area contributed by atoms with Crippen LogP contribution in [0, 0.1) is 0 Å². The summed E-state index contributed by atoms with van der Waals surface area (Å²) in [6.07, 6.45) is 10.6. The predicted molar refractivity (Wildman–Crippen MR) is 159 cm³/mol. The van der Waals surface area contributed by atoms with Crippen molar-refractivity contribution in [2.75, 3.05) is 10.6 Å². The molecule has 10 heteroatoms. The van der Waals surface area contributed by atoms with Gasteiger partial charge in [-0.25, -0.2) is 4.79 Å². The fourth-order valence-electron chi connectivity index (χ4n) is 4.30. The minimum absolute atomic E-state index is 0.268. The molecule has 0 aliphatic carbocycles. The van der Waals surface area contributed by atoms with E-state index in [9.17, 15) is 4.79 Å². The third-order valence-electron chi connectivity index (χ3n) is 6.44. The van der Waals surface area contributed by atoms with Crippen molar-refractivity contribution in [1.29, 1.82) is 0 Å². The van der Waals surface area contributed by atoms with E-state index in [0.29, 0.717) is 28.6 Å². The number of rotatable bonds is 6. The second-order valence-corrected chi connectivity index (χ2v) is 10.5. The first-order valence-electron chi connectivity index (χ1n) is 13.1.